The average Bonchev–Trinajstić information content (AvgIpc) is 2.40. The van der Waals surface area contributed by atoms with E-state index < -0.39 is 0 Å². The zero-order valence-corrected chi connectivity index (χ0v) is 12.1. The van der Waals surface area contributed by atoms with E-state index in [1.165, 1.54) is 39.0 Å². The van der Waals surface area contributed by atoms with Gasteiger partial charge in [0.1, 0.15) is 0 Å². The van der Waals surface area contributed by atoms with Crippen LogP contribution in [0.15, 0.2) is 0 Å². The standard InChI is InChI=1S/C14H30N4/c1-12(18-9-5-16-6-10-18)11-14(15)13-3-7-17(2)8-4-13/h12-14,16H,3-11,15H2,1-2H3. The molecule has 4 nitrogen and oxygen atoms in total. The van der Waals surface area contributed by atoms with E-state index in [0.717, 1.165) is 25.4 Å². The van der Waals surface area contributed by atoms with Gasteiger partial charge in [-0.15, -0.1) is 0 Å². The summed E-state index contributed by atoms with van der Waals surface area (Å²) in [5.74, 6) is 0.742. The molecule has 0 radical (unpaired) electrons. The number of hydrogen-bond donors (Lipinski definition) is 2. The van der Waals surface area contributed by atoms with Crippen LogP contribution in [-0.2, 0) is 0 Å². The Morgan fingerprint density at radius 1 is 1.17 bits per heavy atom. The van der Waals surface area contributed by atoms with Gasteiger partial charge in [-0.05, 0) is 52.2 Å². The molecule has 18 heavy (non-hydrogen) atoms. The lowest BCUT2D eigenvalue weighted by atomic mass is 9.86. The van der Waals surface area contributed by atoms with Crippen LogP contribution in [0, 0.1) is 5.92 Å². The summed E-state index contributed by atoms with van der Waals surface area (Å²) in [6.07, 6.45) is 3.73. The predicted octanol–water partition coefficient (Wildman–Crippen LogP) is 0.339. The van der Waals surface area contributed by atoms with E-state index in [1.807, 2.05) is 0 Å². The first-order valence-corrected chi connectivity index (χ1v) is 7.55. The van der Waals surface area contributed by atoms with Crippen molar-refractivity contribution in [3.8, 4) is 0 Å². The third-order valence-electron chi connectivity index (χ3n) is 4.76. The number of piperazine rings is 1. The van der Waals surface area contributed by atoms with Gasteiger partial charge in [0.2, 0.25) is 0 Å². The van der Waals surface area contributed by atoms with Gasteiger partial charge in [-0.25, -0.2) is 0 Å². The first kappa shape index (κ1) is 14.3. The van der Waals surface area contributed by atoms with E-state index in [0.29, 0.717) is 12.1 Å². The van der Waals surface area contributed by atoms with Crippen LogP contribution >= 0.6 is 0 Å². The molecule has 2 heterocycles. The lowest BCUT2D eigenvalue weighted by molar-refractivity contribution is 0.143. The molecule has 0 bridgehead atoms. The van der Waals surface area contributed by atoms with Crippen LogP contribution < -0.4 is 11.1 Å². The van der Waals surface area contributed by atoms with Crippen LogP contribution in [0.1, 0.15) is 26.2 Å². The summed E-state index contributed by atoms with van der Waals surface area (Å²) >= 11 is 0. The highest BCUT2D eigenvalue weighted by atomic mass is 15.2. The Morgan fingerprint density at radius 2 is 1.78 bits per heavy atom. The normalized spacial score (nSPS) is 28.2. The second kappa shape index (κ2) is 6.85. The quantitative estimate of drug-likeness (QED) is 0.759. The number of nitrogens with two attached hydrogens (primary N) is 1. The van der Waals surface area contributed by atoms with Gasteiger partial charge in [-0.3, -0.25) is 4.90 Å². The lowest BCUT2D eigenvalue weighted by Crippen LogP contribution is -2.50. The summed E-state index contributed by atoms with van der Waals surface area (Å²) in [4.78, 5) is 5.01. The first-order chi connectivity index (χ1) is 8.66. The summed E-state index contributed by atoms with van der Waals surface area (Å²) in [5.41, 5.74) is 6.44. The van der Waals surface area contributed by atoms with E-state index in [1.54, 1.807) is 0 Å². The van der Waals surface area contributed by atoms with Crippen molar-refractivity contribution in [2.75, 3.05) is 46.3 Å². The number of rotatable bonds is 4. The molecule has 3 N–H and O–H groups in total. The molecule has 2 saturated heterocycles. The van der Waals surface area contributed by atoms with Crippen LogP contribution in [0.3, 0.4) is 0 Å². The smallest absolute Gasteiger partial charge is 0.0110 e. The summed E-state index contributed by atoms with van der Waals surface area (Å²) in [6, 6.07) is 1.03. The zero-order valence-electron chi connectivity index (χ0n) is 12.1. The minimum atomic E-state index is 0.392. The molecule has 0 aromatic rings. The van der Waals surface area contributed by atoms with Crippen LogP contribution in [0.5, 0.6) is 0 Å². The van der Waals surface area contributed by atoms with Crippen molar-refractivity contribution in [3.05, 3.63) is 0 Å². The largest absolute Gasteiger partial charge is 0.327 e. The third-order valence-corrected chi connectivity index (χ3v) is 4.76. The van der Waals surface area contributed by atoms with Gasteiger partial charge in [-0.2, -0.15) is 0 Å². The van der Waals surface area contributed by atoms with Gasteiger partial charge in [0.15, 0.2) is 0 Å². The number of nitrogens with zero attached hydrogens (tertiary/aromatic N) is 2. The van der Waals surface area contributed by atoms with Gasteiger partial charge in [-0.1, -0.05) is 0 Å². The first-order valence-electron chi connectivity index (χ1n) is 7.55. The van der Waals surface area contributed by atoms with Gasteiger partial charge in [0, 0.05) is 38.3 Å². The Balaban J connectivity index is 1.73. The van der Waals surface area contributed by atoms with Crippen molar-refractivity contribution >= 4 is 0 Å². The molecule has 4 heteroatoms. The molecule has 2 fully saturated rings. The Morgan fingerprint density at radius 3 is 2.39 bits per heavy atom. The van der Waals surface area contributed by atoms with Crippen LogP contribution in [0.4, 0.5) is 0 Å². The topological polar surface area (TPSA) is 44.5 Å². The predicted molar refractivity (Wildman–Crippen MR) is 76.7 cm³/mol. The van der Waals surface area contributed by atoms with E-state index in [2.05, 4.69) is 29.1 Å². The Bertz CT molecular complexity index is 232. The number of hydrogen-bond acceptors (Lipinski definition) is 4. The van der Waals surface area contributed by atoms with Crippen molar-refractivity contribution in [1.29, 1.82) is 0 Å². The van der Waals surface area contributed by atoms with Gasteiger partial charge < -0.3 is 16.0 Å². The highest BCUT2D eigenvalue weighted by Gasteiger charge is 2.26. The lowest BCUT2D eigenvalue weighted by Gasteiger charge is -2.37. The van der Waals surface area contributed by atoms with Crippen molar-refractivity contribution in [2.24, 2.45) is 11.7 Å². The molecular formula is C14H30N4. The second-order valence-corrected chi connectivity index (χ2v) is 6.18. The molecule has 2 aliphatic heterocycles. The van der Waals surface area contributed by atoms with E-state index in [9.17, 15) is 0 Å². The molecule has 2 atom stereocenters. The molecule has 0 saturated carbocycles. The zero-order chi connectivity index (χ0) is 13.0. The summed E-state index contributed by atoms with van der Waals surface area (Å²) in [5, 5.41) is 3.41. The third kappa shape index (κ3) is 3.92. The molecule has 0 spiro atoms. The van der Waals surface area contributed by atoms with E-state index in [4.69, 9.17) is 5.73 Å². The molecular weight excluding hydrogens is 224 g/mol. The molecule has 2 rings (SSSR count). The van der Waals surface area contributed by atoms with Gasteiger partial charge >= 0.3 is 0 Å². The molecule has 106 valence electrons. The van der Waals surface area contributed by atoms with Crippen LogP contribution in [0.2, 0.25) is 0 Å². The molecule has 0 aliphatic carbocycles. The molecule has 0 amide bonds. The maximum atomic E-state index is 6.44. The van der Waals surface area contributed by atoms with Crippen LogP contribution in [-0.4, -0.2) is 68.2 Å². The summed E-state index contributed by atoms with van der Waals surface area (Å²) in [6.45, 7) is 9.42. The Labute approximate surface area is 112 Å². The monoisotopic (exact) mass is 254 g/mol. The number of likely N-dealkylation sites (tertiary alicyclic amines) is 1. The highest BCUT2D eigenvalue weighted by Crippen LogP contribution is 2.22. The molecule has 0 aromatic carbocycles. The highest BCUT2D eigenvalue weighted by molar-refractivity contribution is 4.83. The molecule has 2 unspecified atom stereocenters. The fourth-order valence-corrected chi connectivity index (χ4v) is 3.32. The van der Waals surface area contributed by atoms with Crippen molar-refractivity contribution in [2.45, 2.75) is 38.3 Å². The Hall–Kier alpha value is -0.160. The minimum absolute atomic E-state index is 0.392. The van der Waals surface area contributed by atoms with E-state index in [-0.39, 0.29) is 0 Å². The van der Waals surface area contributed by atoms with Gasteiger partial charge in [0.05, 0.1) is 0 Å². The van der Waals surface area contributed by atoms with Crippen molar-refractivity contribution in [3.63, 3.8) is 0 Å². The number of piperidine rings is 1. The average molecular weight is 254 g/mol. The SMILES string of the molecule is CC(CC(N)C1CCN(C)CC1)N1CCNCC1. The maximum absolute atomic E-state index is 6.44. The second-order valence-electron chi connectivity index (χ2n) is 6.18. The van der Waals surface area contributed by atoms with E-state index >= 15 is 0 Å². The fraction of sp³-hybridized carbons (Fsp3) is 1.00. The van der Waals surface area contributed by atoms with Crippen molar-refractivity contribution in [1.82, 2.24) is 15.1 Å². The minimum Gasteiger partial charge on any atom is -0.327 e. The maximum Gasteiger partial charge on any atom is 0.0110 e. The van der Waals surface area contributed by atoms with Crippen molar-refractivity contribution < 1.29 is 0 Å². The Kier molecular flexibility index (Phi) is 5.42. The number of nitrogens with one attached hydrogen (secondary N) is 1. The summed E-state index contributed by atoms with van der Waals surface area (Å²) in [7, 11) is 2.21. The summed E-state index contributed by atoms with van der Waals surface area (Å²) < 4.78 is 0. The fourth-order valence-electron chi connectivity index (χ4n) is 3.32. The van der Waals surface area contributed by atoms with Crippen LogP contribution in [0.25, 0.3) is 0 Å². The molecule has 0 aromatic heterocycles. The molecule has 2 aliphatic rings. The van der Waals surface area contributed by atoms with Gasteiger partial charge in [0.25, 0.3) is 0 Å².